The average molecular weight is 445 g/mol. The Bertz CT molecular complexity index is 1110. The van der Waals surface area contributed by atoms with E-state index < -0.39 is 5.97 Å². The van der Waals surface area contributed by atoms with E-state index in [4.69, 9.17) is 9.84 Å². The van der Waals surface area contributed by atoms with Crippen molar-refractivity contribution in [3.8, 4) is 17.0 Å². The van der Waals surface area contributed by atoms with E-state index in [0.717, 1.165) is 46.7 Å². The second-order valence-corrected chi connectivity index (χ2v) is 8.71. The molecule has 172 valence electrons. The predicted molar refractivity (Wildman–Crippen MR) is 131 cm³/mol. The van der Waals surface area contributed by atoms with E-state index in [2.05, 4.69) is 35.0 Å². The zero-order valence-electron chi connectivity index (χ0n) is 19.5. The number of allylic oxidation sites excluding steroid dienone is 1. The van der Waals surface area contributed by atoms with Crippen LogP contribution in [0.15, 0.2) is 66.2 Å². The molecule has 1 N–H and O–H groups in total. The van der Waals surface area contributed by atoms with Gasteiger partial charge in [0.2, 0.25) is 0 Å². The number of aromatic nitrogens is 2. The van der Waals surface area contributed by atoms with Crippen LogP contribution < -0.4 is 4.74 Å². The van der Waals surface area contributed by atoms with Gasteiger partial charge in [-0.1, -0.05) is 56.5 Å². The van der Waals surface area contributed by atoms with Gasteiger partial charge >= 0.3 is 5.97 Å². The number of hydrogen-bond donors (Lipinski definition) is 1. The van der Waals surface area contributed by atoms with Crippen LogP contribution in [0.4, 0.5) is 0 Å². The molecule has 0 atom stereocenters. The second-order valence-electron chi connectivity index (χ2n) is 8.71. The van der Waals surface area contributed by atoms with E-state index in [9.17, 15) is 9.90 Å². The van der Waals surface area contributed by atoms with E-state index in [1.807, 2.05) is 37.3 Å². The van der Waals surface area contributed by atoms with Crippen LogP contribution in [0.25, 0.3) is 16.8 Å². The largest absolute Gasteiger partial charge is 0.489 e. The molecule has 0 amide bonds. The third kappa shape index (κ3) is 5.36. The maximum Gasteiger partial charge on any atom is 0.331 e. The molecule has 2 aromatic carbocycles. The fourth-order valence-corrected chi connectivity index (χ4v) is 4.59. The van der Waals surface area contributed by atoms with E-state index in [0.29, 0.717) is 24.6 Å². The highest BCUT2D eigenvalue weighted by Crippen LogP contribution is 2.35. The summed E-state index contributed by atoms with van der Waals surface area (Å²) in [6, 6.07) is 20.7. The summed E-state index contributed by atoms with van der Waals surface area (Å²) in [4.78, 5) is 11.6. The molecular weight excluding hydrogens is 412 g/mol. The number of carboxylic acids is 1. The van der Waals surface area contributed by atoms with Gasteiger partial charge in [0.15, 0.2) is 0 Å². The summed E-state index contributed by atoms with van der Waals surface area (Å²) >= 11 is 0. The smallest absolute Gasteiger partial charge is 0.331 e. The van der Waals surface area contributed by atoms with Crippen LogP contribution in [0.3, 0.4) is 0 Å². The molecule has 4 rings (SSSR count). The number of nitrogens with zero attached hydrogens (tertiary/aromatic N) is 2. The maximum absolute atomic E-state index is 11.6. The summed E-state index contributed by atoms with van der Waals surface area (Å²) in [5, 5.41) is 14.5. The monoisotopic (exact) mass is 444 g/mol. The van der Waals surface area contributed by atoms with Crippen molar-refractivity contribution in [2.45, 2.75) is 65.0 Å². The summed E-state index contributed by atoms with van der Waals surface area (Å²) in [6.07, 6.45) is 6.52. The zero-order chi connectivity index (χ0) is 23.2. The second kappa shape index (κ2) is 10.5. The minimum absolute atomic E-state index is 0.347. The molecule has 0 aliphatic heterocycles. The molecule has 5 heteroatoms. The summed E-state index contributed by atoms with van der Waals surface area (Å²) < 4.78 is 8.09. The molecule has 1 aromatic heterocycles. The molecule has 0 unspecified atom stereocenters. The van der Waals surface area contributed by atoms with Crippen LogP contribution in [0, 0.1) is 0 Å². The Morgan fingerprint density at radius 1 is 1.06 bits per heavy atom. The van der Waals surface area contributed by atoms with Crippen molar-refractivity contribution in [3.05, 3.63) is 77.5 Å². The van der Waals surface area contributed by atoms with Crippen LogP contribution in [-0.2, 0) is 11.4 Å². The Hall–Kier alpha value is -3.34. The molecule has 1 heterocycles. The van der Waals surface area contributed by atoms with Gasteiger partial charge in [-0.15, -0.1) is 0 Å². The molecule has 1 saturated carbocycles. The first-order chi connectivity index (χ1) is 16.1. The minimum Gasteiger partial charge on any atom is -0.489 e. The number of hydrogen-bond acceptors (Lipinski definition) is 3. The van der Waals surface area contributed by atoms with Crippen LogP contribution in [0.1, 0.15) is 69.7 Å². The first kappa shape index (κ1) is 22.8. The van der Waals surface area contributed by atoms with Gasteiger partial charge in [0.25, 0.3) is 0 Å². The Balaban J connectivity index is 1.64. The molecule has 3 aromatic rings. The Kier molecular flexibility index (Phi) is 7.28. The van der Waals surface area contributed by atoms with Gasteiger partial charge in [0.05, 0.1) is 17.4 Å². The van der Waals surface area contributed by atoms with Gasteiger partial charge in [-0.25, -0.2) is 4.79 Å². The first-order valence-corrected chi connectivity index (χ1v) is 11.9. The molecule has 0 saturated heterocycles. The lowest BCUT2D eigenvalue weighted by atomic mass is 9.95. The van der Waals surface area contributed by atoms with Crippen LogP contribution in [-0.4, -0.2) is 20.9 Å². The van der Waals surface area contributed by atoms with Crippen molar-refractivity contribution in [2.24, 2.45) is 0 Å². The van der Waals surface area contributed by atoms with Gasteiger partial charge in [0.1, 0.15) is 12.4 Å². The van der Waals surface area contributed by atoms with Crippen LogP contribution >= 0.6 is 0 Å². The van der Waals surface area contributed by atoms with Gasteiger partial charge in [-0.2, -0.15) is 5.10 Å². The van der Waals surface area contributed by atoms with Gasteiger partial charge in [-0.3, -0.25) is 4.68 Å². The molecule has 0 radical (unpaired) electrons. The summed E-state index contributed by atoms with van der Waals surface area (Å²) in [5.74, 6) is -0.0667. The lowest BCUT2D eigenvalue weighted by Crippen LogP contribution is -2.15. The van der Waals surface area contributed by atoms with Gasteiger partial charge in [0, 0.05) is 11.1 Å². The fourth-order valence-electron chi connectivity index (χ4n) is 4.59. The highest BCUT2D eigenvalue weighted by atomic mass is 16.5. The average Bonchev–Trinajstić information content (AvgIpc) is 3.29. The van der Waals surface area contributed by atoms with Crippen molar-refractivity contribution < 1.29 is 14.6 Å². The van der Waals surface area contributed by atoms with Gasteiger partial charge in [-0.05, 0) is 67.7 Å². The predicted octanol–water partition coefficient (Wildman–Crippen LogP) is 6.90. The Morgan fingerprint density at radius 3 is 2.39 bits per heavy atom. The van der Waals surface area contributed by atoms with Crippen LogP contribution in [0.2, 0.25) is 0 Å². The molecule has 0 bridgehead atoms. The molecular formula is C28H32N2O3. The third-order valence-corrected chi connectivity index (χ3v) is 6.49. The van der Waals surface area contributed by atoms with Crippen LogP contribution in [0.5, 0.6) is 5.75 Å². The van der Waals surface area contributed by atoms with Crippen molar-refractivity contribution in [1.82, 2.24) is 9.78 Å². The molecule has 1 aliphatic carbocycles. The molecule has 5 nitrogen and oxygen atoms in total. The van der Waals surface area contributed by atoms with E-state index in [1.54, 1.807) is 6.92 Å². The fraction of sp³-hybridized carbons (Fsp3) is 0.357. The number of rotatable bonds is 8. The van der Waals surface area contributed by atoms with E-state index in [1.165, 1.54) is 19.3 Å². The zero-order valence-corrected chi connectivity index (χ0v) is 19.5. The molecule has 33 heavy (non-hydrogen) atoms. The van der Waals surface area contributed by atoms with E-state index >= 15 is 0 Å². The summed E-state index contributed by atoms with van der Waals surface area (Å²) in [7, 11) is 0. The molecule has 0 spiro atoms. The number of benzene rings is 2. The number of carboxylic acid groups (broad SMARTS) is 1. The number of aliphatic carboxylic acids is 1. The highest BCUT2D eigenvalue weighted by molar-refractivity contribution is 5.95. The standard InChI is InChI=1S/C28H32N2O3/c1-3-25(20(2)28(31)32)26-18-27(30(29-26)23-12-8-5-9-13-23)22-14-16-24(17-15-22)33-19-21-10-6-4-7-11-21/h4,6-7,10-11,14-18,23H,3,5,8-9,12-13,19H2,1-2H3,(H,31,32)/b25-20+. The Labute approximate surface area is 195 Å². The number of carbonyl (C=O) groups is 1. The quantitative estimate of drug-likeness (QED) is 0.384. The van der Waals surface area contributed by atoms with Crippen molar-refractivity contribution in [1.29, 1.82) is 0 Å². The summed E-state index contributed by atoms with van der Waals surface area (Å²) in [6.45, 7) is 4.18. The van der Waals surface area contributed by atoms with Gasteiger partial charge < -0.3 is 9.84 Å². The minimum atomic E-state index is -0.888. The molecule has 1 aliphatic rings. The topological polar surface area (TPSA) is 64.3 Å². The summed E-state index contributed by atoms with van der Waals surface area (Å²) in [5.41, 5.74) is 5.16. The SMILES string of the molecule is CC/C(=C(/C)C(=O)O)c1cc(-c2ccc(OCc3ccccc3)cc2)n(C2CCCCC2)n1. The normalized spacial score (nSPS) is 15.2. The number of ether oxygens (including phenoxy) is 1. The lowest BCUT2D eigenvalue weighted by molar-refractivity contribution is -0.132. The maximum atomic E-state index is 11.6. The first-order valence-electron chi connectivity index (χ1n) is 11.9. The highest BCUT2D eigenvalue weighted by Gasteiger charge is 2.23. The molecule has 1 fully saturated rings. The Morgan fingerprint density at radius 2 is 1.76 bits per heavy atom. The van der Waals surface area contributed by atoms with Crippen molar-refractivity contribution in [3.63, 3.8) is 0 Å². The lowest BCUT2D eigenvalue weighted by Gasteiger charge is -2.24. The van der Waals surface area contributed by atoms with Crippen molar-refractivity contribution in [2.75, 3.05) is 0 Å². The third-order valence-electron chi connectivity index (χ3n) is 6.49. The van der Waals surface area contributed by atoms with E-state index in [-0.39, 0.29) is 0 Å². The van der Waals surface area contributed by atoms with Crippen molar-refractivity contribution >= 4 is 11.5 Å².